The van der Waals surface area contributed by atoms with Crippen molar-refractivity contribution in [2.45, 2.75) is 20.4 Å². The molecule has 0 amide bonds. The van der Waals surface area contributed by atoms with Gasteiger partial charge in [-0.25, -0.2) is 4.79 Å². The fourth-order valence-electron chi connectivity index (χ4n) is 1.69. The number of carbonyl (C=O) groups excluding carboxylic acids is 1. The average molecular weight is 377 g/mol. The van der Waals surface area contributed by atoms with E-state index in [1.807, 2.05) is 0 Å². The maximum atomic E-state index is 11.9. The third-order valence-corrected chi connectivity index (χ3v) is 4.29. The van der Waals surface area contributed by atoms with E-state index in [9.17, 15) is 9.59 Å². The van der Waals surface area contributed by atoms with Gasteiger partial charge in [0.15, 0.2) is 5.75 Å². The van der Waals surface area contributed by atoms with Gasteiger partial charge in [-0.3, -0.25) is 9.36 Å². The van der Waals surface area contributed by atoms with E-state index in [1.54, 1.807) is 31.4 Å². The van der Waals surface area contributed by atoms with E-state index in [1.165, 1.54) is 4.57 Å². The fourth-order valence-corrected chi connectivity index (χ4v) is 3.43. The Morgan fingerprint density at radius 1 is 1.45 bits per heavy atom. The molecular weight excluding hydrogens is 366 g/mol. The van der Waals surface area contributed by atoms with Gasteiger partial charge >= 0.3 is 10.8 Å². The molecule has 1 aromatic heterocycles. The van der Waals surface area contributed by atoms with Gasteiger partial charge in [-0.05, 0) is 31.5 Å². The molecule has 2 aromatic rings. The van der Waals surface area contributed by atoms with Crippen molar-refractivity contribution >= 4 is 44.8 Å². The summed E-state index contributed by atoms with van der Waals surface area (Å²) < 4.78 is 7.45. The first kappa shape index (κ1) is 15.3. The first-order valence-corrected chi connectivity index (χ1v) is 7.75. The first-order valence-electron chi connectivity index (χ1n) is 5.69. The lowest BCUT2D eigenvalue weighted by Crippen LogP contribution is -2.24. The molecular formula is C13H11BrClNO3S. The largest absolute Gasteiger partial charge is 0.423 e. The summed E-state index contributed by atoms with van der Waals surface area (Å²) >= 11 is 10.4. The molecule has 2 rings (SSSR count). The van der Waals surface area contributed by atoms with Gasteiger partial charge in [0.2, 0.25) is 0 Å². The summed E-state index contributed by atoms with van der Waals surface area (Å²) in [5.74, 6) is -0.207. The maximum absolute atomic E-state index is 11.9. The Balaban J connectivity index is 2.19. The number of aryl methyl sites for hydroxylation is 2. The van der Waals surface area contributed by atoms with Gasteiger partial charge in [0.25, 0.3) is 0 Å². The van der Waals surface area contributed by atoms with Gasteiger partial charge in [0, 0.05) is 15.5 Å². The van der Waals surface area contributed by atoms with Gasteiger partial charge < -0.3 is 4.74 Å². The quantitative estimate of drug-likeness (QED) is 0.608. The molecule has 0 aliphatic rings. The number of thiazole rings is 1. The van der Waals surface area contributed by atoms with E-state index < -0.39 is 5.97 Å². The second-order valence-corrected chi connectivity index (χ2v) is 6.38. The van der Waals surface area contributed by atoms with Crippen LogP contribution in [0.1, 0.15) is 11.3 Å². The molecule has 106 valence electrons. The third kappa shape index (κ3) is 3.31. The van der Waals surface area contributed by atoms with Crippen LogP contribution in [0.2, 0.25) is 5.02 Å². The molecule has 0 fully saturated rings. The zero-order valence-electron chi connectivity index (χ0n) is 10.8. The van der Waals surface area contributed by atoms with Crippen LogP contribution in [0, 0.1) is 13.8 Å². The van der Waals surface area contributed by atoms with Crippen molar-refractivity contribution in [2.75, 3.05) is 0 Å². The number of hydrogen-bond donors (Lipinski definition) is 0. The molecule has 0 bridgehead atoms. The van der Waals surface area contributed by atoms with Crippen molar-refractivity contribution in [2.24, 2.45) is 0 Å². The van der Waals surface area contributed by atoms with E-state index in [0.717, 1.165) is 27.1 Å². The Kier molecular flexibility index (Phi) is 4.67. The molecule has 4 nitrogen and oxygen atoms in total. The van der Waals surface area contributed by atoms with E-state index in [0.29, 0.717) is 10.8 Å². The van der Waals surface area contributed by atoms with E-state index >= 15 is 0 Å². The lowest BCUT2D eigenvalue weighted by Gasteiger charge is -2.10. The minimum atomic E-state index is -0.527. The zero-order chi connectivity index (χ0) is 14.9. The van der Waals surface area contributed by atoms with Gasteiger partial charge in [-0.1, -0.05) is 38.9 Å². The molecule has 20 heavy (non-hydrogen) atoms. The summed E-state index contributed by atoms with van der Waals surface area (Å²) in [6.45, 7) is 3.43. The van der Waals surface area contributed by atoms with Crippen LogP contribution in [0.4, 0.5) is 0 Å². The highest BCUT2D eigenvalue weighted by Gasteiger charge is 2.14. The van der Waals surface area contributed by atoms with Gasteiger partial charge in [-0.2, -0.15) is 0 Å². The summed E-state index contributed by atoms with van der Waals surface area (Å²) in [5, 5.41) is 2.05. The summed E-state index contributed by atoms with van der Waals surface area (Å²) in [7, 11) is 0. The monoisotopic (exact) mass is 375 g/mol. The summed E-state index contributed by atoms with van der Waals surface area (Å²) in [5.41, 5.74) is 1.47. The predicted octanol–water partition coefficient (Wildman–Crippen LogP) is 3.55. The molecule has 0 atom stereocenters. The normalized spacial score (nSPS) is 10.6. The standard InChI is InChI=1S/C13H11BrClNO3S/c1-7-3-9(14)4-10(15)12(7)19-11(17)5-16-8(2)6-20-13(16)18/h3-4,6H,5H2,1-2H3. The van der Waals surface area contributed by atoms with Crippen LogP contribution in [-0.4, -0.2) is 10.5 Å². The van der Waals surface area contributed by atoms with Crippen molar-refractivity contribution in [1.82, 2.24) is 4.57 Å². The van der Waals surface area contributed by atoms with Crippen molar-refractivity contribution < 1.29 is 9.53 Å². The summed E-state index contributed by atoms with van der Waals surface area (Å²) in [6, 6.07) is 3.45. The topological polar surface area (TPSA) is 48.3 Å². The summed E-state index contributed by atoms with van der Waals surface area (Å²) in [4.78, 5) is 23.3. The smallest absolute Gasteiger partial charge is 0.331 e. The van der Waals surface area contributed by atoms with Gasteiger partial charge in [-0.15, -0.1) is 0 Å². The highest BCUT2D eigenvalue weighted by atomic mass is 79.9. The Morgan fingerprint density at radius 3 is 2.70 bits per heavy atom. The number of benzene rings is 1. The van der Waals surface area contributed by atoms with Gasteiger partial charge in [0.1, 0.15) is 6.54 Å². The molecule has 0 saturated carbocycles. The van der Waals surface area contributed by atoms with E-state index in [4.69, 9.17) is 16.3 Å². The van der Waals surface area contributed by atoms with Crippen LogP contribution < -0.4 is 9.61 Å². The number of ether oxygens (including phenoxy) is 1. The van der Waals surface area contributed by atoms with Gasteiger partial charge in [0.05, 0.1) is 5.02 Å². The number of hydrogen-bond acceptors (Lipinski definition) is 4. The van der Waals surface area contributed by atoms with Crippen molar-refractivity contribution in [1.29, 1.82) is 0 Å². The molecule has 7 heteroatoms. The number of carbonyl (C=O) groups is 1. The van der Waals surface area contributed by atoms with Crippen molar-refractivity contribution in [3.05, 3.63) is 47.9 Å². The number of esters is 1. The zero-order valence-corrected chi connectivity index (χ0v) is 13.9. The molecule has 0 unspecified atom stereocenters. The van der Waals surface area contributed by atoms with Crippen LogP contribution in [0.15, 0.2) is 26.8 Å². The molecule has 0 aliphatic carbocycles. The van der Waals surface area contributed by atoms with E-state index in [2.05, 4.69) is 15.9 Å². The number of aromatic nitrogens is 1. The minimum Gasteiger partial charge on any atom is -0.423 e. The van der Waals surface area contributed by atoms with Crippen LogP contribution in [-0.2, 0) is 11.3 Å². The number of halogens is 2. The summed E-state index contributed by atoms with van der Waals surface area (Å²) in [6.07, 6.45) is 0. The number of nitrogens with zero attached hydrogens (tertiary/aromatic N) is 1. The van der Waals surface area contributed by atoms with Crippen LogP contribution >= 0.6 is 38.9 Å². The molecule has 0 saturated heterocycles. The second kappa shape index (κ2) is 6.11. The average Bonchev–Trinajstić information content (AvgIpc) is 2.65. The highest BCUT2D eigenvalue weighted by Crippen LogP contribution is 2.32. The van der Waals surface area contributed by atoms with Crippen LogP contribution in [0.3, 0.4) is 0 Å². The van der Waals surface area contributed by atoms with E-state index in [-0.39, 0.29) is 11.4 Å². The minimum absolute atomic E-state index is 0.125. The molecule has 1 aromatic carbocycles. The van der Waals surface area contributed by atoms with Crippen LogP contribution in [0.5, 0.6) is 5.75 Å². The van der Waals surface area contributed by atoms with Crippen LogP contribution in [0.25, 0.3) is 0 Å². The lowest BCUT2D eigenvalue weighted by molar-refractivity contribution is -0.135. The molecule has 0 N–H and O–H groups in total. The highest BCUT2D eigenvalue weighted by molar-refractivity contribution is 9.10. The lowest BCUT2D eigenvalue weighted by atomic mass is 10.2. The Labute approximate surface area is 133 Å². The number of rotatable bonds is 3. The maximum Gasteiger partial charge on any atom is 0.331 e. The second-order valence-electron chi connectivity index (χ2n) is 4.24. The fraction of sp³-hybridized carbons (Fsp3) is 0.231. The first-order chi connectivity index (χ1) is 9.38. The molecule has 1 heterocycles. The third-order valence-electron chi connectivity index (χ3n) is 2.67. The molecule has 0 radical (unpaired) electrons. The Hall–Kier alpha value is -1.11. The van der Waals surface area contributed by atoms with Crippen molar-refractivity contribution in [3.63, 3.8) is 0 Å². The predicted molar refractivity (Wildman–Crippen MR) is 82.8 cm³/mol. The molecule has 0 spiro atoms. The molecule has 0 aliphatic heterocycles. The SMILES string of the molecule is Cc1cc(Br)cc(Cl)c1OC(=O)Cn1c(C)csc1=O. The van der Waals surface area contributed by atoms with Crippen molar-refractivity contribution in [3.8, 4) is 5.75 Å². The Morgan fingerprint density at radius 2 is 2.15 bits per heavy atom. The Bertz CT molecular complexity index is 700.